The molecule has 4 nitrogen and oxygen atoms in total. The Kier molecular flexibility index (Phi) is 6.29. The van der Waals surface area contributed by atoms with Gasteiger partial charge in [-0.05, 0) is 71.7 Å². The molecule has 3 aromatic carbocycles. The predicted molar refractivity (Wildman–Crippen MR) is 126 cm³/mol. The van der Waals surface area contributed by atoms with E-state index in [4.69, 9.17) is 12.2 Å². The first-order chi connectivity index (χ1) is 13.8. The number of thiocarbonyl (C=S) groups is 1. The second-order valence-corrected chi connectivity index (χ2v) is 8.21. The van der Waals surface area contributed by atoms with E-state index < -0.39 is 0 Å². The molecular weight excluding hydrogens is 378 g/mol. The minimum atomic E-state index is -0.132. The monoisotopic (exact) mass is 403 g/mol. The third-order valence-corrected chi connectivity index (χ3v) is 4.65. The molecule has 0 aliphatic carbocycles. The van der Waals surface area contributed by atoms with Crippen LogP contribution in [0.3, 0.4) is 0 Å². The lowest BCUT2D eigenvalue weighted by molar-refractivity contribution is 0.102. The standard InChI is InChI=1S/C24H25N3OS/c1-24(2,3)18-11-9-17(10-12-18)22(28)25-20-13-15-21(16-14-20)27-23(29)26-19-7-5-4-6-8-19/h4-16H,1-3H3,(H,25,28)(H2,26,27,29). The van der Waals surface area contributed by atoms with Gasteiger partial charge >= 0.3 is 0 Å². The molecule has 0 aromatic heterocycles. The first-order valence-electron chi connectivity index (χ1n) is 9.46. The van der Waals surface area contributed by atoms with Crippen molar-refractivity contribution in [2.24, 2.45) is 0 Å². The highest BCUT2D eigenvalue weighted by Crippen LogP contribution is 2.22. The second kappa shape index (κ2) is 8.88. The zero-order valence-electron chi connectivity index (χ0n) is 16.8. The molecular formula is C24H25N3OS. The molecule has 148 valence electrons. The van der Waals surface area contributed by atoms with Crippen LogP contribution < -0.4 is 16.0 Å². The van der Waals surface area contributed by atoms with Crippen LogP contribution in [0.4, 0.5) is 17.1 Å². The van der Waals surface area contributed by atoms with E-state index in [0.717, 1.165) is 17.1 Å². The van der Waals surface area contributed by atoms with Crippen LogP contribution in [0, 0.1) is 0 Å². The molecule has 0 bridgehead atoms. The van der Waals surface area contributed by atoms with Crippen LogP contribution in [-0.2, 0) is 5.41 Å². The number of amides is 1. The number of rotatable bonds is 4. The normalized spacial score (nSPS) is 10.9. The van der Waals surface area contributed by atoms with Crippen molar-refractivity contribution in [3.05, 3.63) is 90.0 Å². The van der Waals surface area contributed by atoms with E-state index in [1.54, 1.807) is 0 Å². The Labute approximate surface area is 177 Å². The van der Waals surface area contributed by atoms with Gasteiger partial charge in [-0.1, -0.05) is 51.1 Å². The molecule has 0 spiro atoms. The van der Waals surface area contributed by atoms with E-state index in [0.29, 0.717) is 10.7 Å². The Bertz CT molecular complexity index is 975. The van der Waals surface area contributed by atoms with Crippen LogP contribution in [0.2, 0.25) is 0 Å². The molecule has 0 heterocycles. The smallest absolute Gasteiger partial charge is 0.255 e. The molecule has 0 radical (unpaired) electrons. The van der Waals surface area contributed by atoms with Crippen molar-refractivity contribution >= 4 is 40.3 Å². The minimum absolute atomic E-state index is 0.0633. The third kappa shape index (κ3) is 5.90. The maximum absolute atomic E-state index is 12.5. The van der Waals surface area contributed by atoms with Gasteiger partial charge in [0.1, 0.15) is 0 Å². The second-order valence-electron chi connectivity index (χ2n) is 7.80. The van der Waals surface area contributed by atoms with Crippen molar-refractivity contribution in [1.82, 2.24) is 0 Å². The number of hydrogen-bond donors (Lipinski definition) is 3. The van der Waals surface area contributed by atoms with Crippen molar-refractivity contribution in [3.8, 4) is 0 Å². The van der Waals surface area contributed by atoms with E-state index >= 15 is 0 Å². The summed E-state index contributed by atoms with van der Waals surface area (Å²) in [4.78, 5) is 12.5. The number of benzene rings is 3. The molecule has 0 atom stereocenters. The van der Waals surface area contributed by atoms with E-state index in [1.165, 1.54) is 5.56 Å². The summed E-state index contributed by atoms with van der Waals surface area (Å²) in [5.74, 6) is -0.132. The van der Waals surface area contributed by atoms with E-state index in [1.807, 2.05) is 78.9 Å². The highest BCUT2D eigenvalue weighted by atomic mass is 32.1. The summed E-state index contributed by atoms with van der Waals surface area (Å²) in [6.07, 6.45) is 0. The summed E-state index contributed by atoms with van der Waals surface area (Å²) in [6, 6.07) is 24.9. The first kappa shape index (κ1) is 20.6. The molecule has 1 amide bonds. The molecule has 3 aromatic rings. The Morgan fingerprint density at radius 1 is 0.690 bits per heavy atom. The van der Waals surface area contributed by atoms with Crippen LogP contribution in [0.15, 0.2) is 78.9 Å². The summed E-state index contributed by atoms with van der Waals surface area (Å²) in [5.41, 5.74) is 4.38. The van der Waals surface area contributed by atoms with Crippen LogP contribution in [0.25, 0.3) is 0 Å². The summed E-state index contributed by atoms with van der Waals surface area (Å²) < 4.78 is 0. The molecule has 0 aliphatic rings. The molecule has 0 saturated heterocycles. The fourth-order valence-electron chi connectivity index (χ4n) is 2.78. The van der Waals surface area contributed by atoms with Gasteiger partial charge < -0.3 is 16.0 Å². The fourth-order valence-corrected chi connectivity index (χ4v) is 3.01. The van der Waals surface area contributed by atoms with E-state index in [9.17, 15) is 4.79 Å². The lowest BCUT2D eigenvalue weighted by Crippen LogP contribution is -2.19. The molecule has 3 N–H and O–H groups in total. The van der Waals surface area contributed by atoms with Gasteiger partial charge in [-0.15, -0.1) is 0 Å². The Morgan fingerprint density at radius 2 is 1.17 bits per heavy atom. The average Bonchev–Trinajstić information content (AvgIpc) is 2.69. The van der Waals surface area contributed by atoms with Crippen molar-refractivity contribution in [1.29, 1.82) is 0 Å². The number of anilines is 3. The average molecular weight is 404 g/mol. The van der Waals surface area contributed by atoms with Gasteiger partial charge in [0, 0.05) is 22.6 Å². The molecule has 29 heavy (non-hydrogen) atoms. The summed E-state index contributed by atoms with van der Waals surface area (Å²) in [7, 11) is 0. The maximum atomic E-state index is 12.5. The lowest BCUT2D eigenvalue weighted by atomic mass is 9.87. The third-order valence-electron chi connectivity index (χ3n) is 4.45. The largest absolute Gasteiger partial charge is 0.332 e. The zero-order valence-corrected chi connectivity index (χ0v) is 17.6. The topological polar surface area (TPSA) is 53.2 Å². The summed E-state index contributed by atoms with van der Waals surface area (Å²) in [6.45, 7) is 6.45. The summed E-state index contributed by atoms with van der Waals surface area (Å²) in [5, 5.41) is 9.68. The SMILES string of the molecule is CC(C)(C)c1ccc(C(=O)Nc2ccc(NC(=S)Nc3ccccc3)cc2)cc1. The summed E-state index contributed by atoms with van der Waals surface area (Å²) >= 11 is 5.33. The quantitative estimate of drug-likeness (QED) is 0.465. The van der Waals surface area contributed by atoms with Crippen LogP contribution in [-0.4, -0.2) is 11.0 Å². The molecule has 0 unspecified atom stereocenters. The van der Waals surface area contributed by atoms with Crippen LogP contribution in [0.5, 0.6) is 0 Å². The first-order valence-corrected chi connectivity index (χ1v) is 9.87. The van der Waals surface area contributed by atoms with Crippen molar-refractivity contribution in [2.45, 2.75) is 26.2 Å². The fraction of sp³-hybridized carbons (Fsp3) is 0.167. The predicted octanol–water partition coefficient (Wildman–Crippen LogP) is 6.05. The highest BCUT2D eigenvalue weighted by Gasteiger charge is 2.14. The van der Waals surface area contributed by atoms with Gasteiger partial charge in [-0.25, -0.2) is 0 Å². The van der Waals surface area contributed by atoms with Gasteiger partial charge in [0.05, 0.1) is 0 Å². The number of para-hydroxylation sites is 1. The molecule has 0 saturated carbocycles. The Hall–Kier alpha value is -3.18. The van der Waals surface area contributed by atoms with Gasteiger partial charge in [0.25, 0.3) is 5.91 Å². The lowest BCUT2D eigenvalue weighted by Gasteiger charge is -2.19. The number of carbonyl (C=O) groups is 1. The number of carbonyl (C=O) groups excluding carboxylic acids is 1. The van der Waals surface area contributed by atoms with Crippen molar-refractivity contribution in [3.63, 3.8) is 0 Å². The van der Waals surface area contributed by atoms with E-state index in [-0.39, 0.29) is 11.3 Å². The van der Waals surface area contributed by atoms with Gasteiger partial charge in [0.2, 0.25) is 0 Å². The van der Waals surface area contributed by atoms with Crippen LogP contribution >= 0.6 is 12.2 Å². The number of nitrogens with one attached hydrogen (secondary N) is 3. The van der Waals surface area contributed by atoms with Crippen molar-refractivity contribution in [2.75, 3.05) is 16.0 Å². The molecule has 3 rings (SSSR count). The van der Waals surface area contributed by atoms with Gasteiger partial charge in [0.15, 0.2) is 5.11 Å². The van der Waals surface area contributed by atoms with Gasteiger partial charge in [-0.3, -0.25) is 4.79 Å². The maximum Gasteiger partial charge on any atom is 0.255 e. The van der Waals surface area contributed by atoms with E-state index in [2.05, 4.69) is 36.7 Å². The Morgan fingerprint density at radius 3 is 1.69 bits per heavy atom. The van der Waals surface area contributed by atoms with Gasteiger partial charge in [-0.2, -0.15) is 0 Å². The minimum Gasteiger partial charge on any atom is -0.332 e. The van der Waals surface area contributed by atoms with Crippen LogP contribution in [0.1, 0.15) is 36.7 Å². The Balaban J connectivity index is 1.57. The molecule has 5 heteroatoms. The number of hydrogen-bond acceptors (Lipinski definition) is 2. The highest BCUT2D eigenvalue weighted by molar-refractivity contribution is 7.80. The zero-order chi connectivity index (χ0) is 20.9. The molecule has 0 aliphatic heterocycles. The van der Waals surface area contributed by atoms with Crippen molar-refractivity contribution < 1.29 is 4.79 Å². The molecule has 0 fully saturated rings.